The van der Waals surface area contributed by atoms with E-state index in [2.05, 4.69) is 76.7 Å². The molecule has 210 valence electrons. The zero-order valence-corrected chi connectivity index (χ0v) is 24.0. The zero-order valence-electron chi connectivity index (χ0n) is 24.0. The number of hydrogen-bond acceptors (Lipinski definition) is 5. The second-order valence-electron chi connectivity index (χ2n) is 11.7. The van der Waals surface area contributed by atoms with Gasteiger partial charge in [-0.25, -0.2) is 0 Å². The Balaban J connectivity index is 1.19. The summed E-state index contributed by atoms with van der Waals surface area (Å²) >= 11 is 0. The molecule has 0 spiro atoms. The van der Waals surface area contributed by atoms with Crippen molar-refractivity contribution in [3.63, 3.8) is 0 Å². The van der Waals surface area contributed by atoms with Crippen LogP contribution in [0.4, 0.5) is 0 Å². The minimum atomic E-state index is 0.792. The van der Waals surface area contributed by atoms with Gasteiger partial charge in [-0.15, -0.1) is 0 Å². The number of hydrogen-bond donors (Lipinski definition) is 0. The van der Waals surface area contributed by atoms with Crippen LogP contribution in [-0.4, -0.2) is 15.0 Å². The molecule has 5 aromatic heterocycles. The summed E-state index contributed by atoms with van der Waals surface area (Å²) in [6, 6.07) is 38.3. The Hall–Kier alpha value is -6.07. The van der Waals surface area contributed by atoms with Crippen LogP contribution in [0.15, 0.2) is 137 Å². The Morgan fingerprint density at radius 2 is 0.956 bits per heavy atom. The maximum absolute atomic E-state index is 6.09. The zero-order chi connectivity index (χ0) is 29.5. The fourth-order valence-corrected chi connectivity index (χ4v) is 6.84. The van der Waals surface area contributed by atoms with E-state index in [1.54, 1.807) is 0 Å². The lowest BCUT2D eigenvalue weighted by atomic mass is 9.91. The second kappa shape index (κ2) is 9.21. The summed E-state index contributed by atoms with van der Waals surface area (Å²) in [5.74, 6) is 0. The molecule has 5 heteroatoms. The fraction of sp³-hybridized carbons (Fsp3) is 0.0250. The van der Waals surface area contributed by atoms with Crippen LogP contribution in [0.1, 0.15) is 11.1 Å². The van der Waals surface area contributed by atoms with Crippen molar-refractivity contribution in [2.24, 2.45) is 0 Å². The Kier molecular flexibility index (Phi) is 4.99. The third-order valence-electron chi connectivity index (χ3n) is 9.02. The number of furan rings is 2. The first kappa shape index (κ1) is 24.4. The monoisotopic (exact) mass is 577 g/mol. The van der Waals surface area contributed by atoms with Crippen molar-refractivity contribution in [1.82, 2.24) is 15.0 Å². The van der Waals surface area contributed by atoms with Crippen molar-refractivity contribution >= 4 is 44.1 Å². The topological polar surface area (TPSA) is 65.0 Å². The van der Waals surface area contributed by atoms with Gasteiger partial charge in [-0.2, -0.15) is 0 Å². The molecule has 0 fully saturated rings. The van der Waals surface area contributed by atoms with Crippen molar-refractivity contribution in [2.75, 3.05) is 0 Å². The van der Waals surface area contributed by atoms with E-state index in [1.807, 2.05) is 61.1 Å². The Labute approximate surface area is 257 Å². The predicted octanol–water partition coefficient (Wildman–Crippen LogP) is 10.2. The van der Waals surface area contributed by atoms with Crippen LogP contribution in [0.25, 0.3) is 88.8 Å². The highest BCUT2D eigenvalue weighted by Crippen LogP contribution is 2.41. The molecule has 0 saturated carbocycles. The summed E-state index contributed by atoms with van der Waals surface area (Å²) < 4.78 is 12.2. The largest absolute Gasteiger partial charge is 0.454 e. The standard InChI is InChI=1S/C40H23N3O2/c1-4-27-16-26-8-7-23(20-31(26)38(27)41-13-1)28-17-29(24-9-11-34-32(21-24)39-36(44-34)5-2-14-42-39)19-30(18-28)25-10-12-35-33(22-25)40-37(45-35)6-3-15-43-40/h1-15,17-22H,16H2. The van der Waals surface area contributed by atoms with Gasteiger partial charge in [-0.05, 0) is 123 Å². The van der Waals surface area contributed by atoms with E-state index in [-0.39, 0.29) is 0 Å². The van der Waals surface area contributed by atoms with Crippen LogP contribution in [0, 0.1) is 0 Å². The number of aromatic nitrogens is 3. The van der Waals surface area contributed by atoms with E-state index in [1.165, 1.54) is 16.7 Å². The highest BCUT2D eigenvalue weighted by molar-refractivity contribution is 6.05. The summed E-state index contributed by atoms with van der Waals surface area (Å²) in [6.45, 7) is 0. The predicted molar refractivity (Wildman–Crippen MR) is 179 cm³/mol. The second-order valence-corrected chi connectivity index (χ2v) is 11.7. The molecule has 5 nitrogen and oxygen atoms in total. The summed E-state index contributed by atoms with van der Waals surface area (Å²) in [4.78, 5) is 14.0. The van der Waals surface area contributed by atoms with Crippen molar-refractivity contribution < 1.29 is 8.83 Å². The van der Waals surface area contributed by atoms with Crippen LogP contribution in [-0.2, 0) is 6.42 Å². The van der Waals surface area contributed by atoms with Gasteiger partial charge in [0.05, 0.1) is 5.69 Å². The van der Waals surface area contributed by atoms with Crippen LogP contribution < -0.4 is 0 Å². The van der Waals surface area contributed by atoms with E-state index in [0.717, 1.165) is 89.6 Å². The van der Waals surface area contributed by atoms with Gasteiger partial charge in [0, 0.05) is 41.3 Å². The molecule has 0 N–H and O–H groups in total. The molecule has 0 aliphatic heterocycles. The minimum absolute atomic E-state index is 0.792. The molecule has 9 aromatic rings. The lowest BCUT2D eigenvalue weighted by Crippen LogP contribution is -1.88. The smallest absolute Gasteiger partial charge is 0.153 e. The van der Waals surface area contributed by atoms with E-state index in [9.17, 15) is 0 Å². The molecule has 0 saturated heterocycles. The molecule has 45 heavy (non-hydrogen) atoms. The van der Waals surface area contributed by atoms with Gasteiger partial charge in [-0.3, -0.25) is 15.0 Å². The van der Waals surface area contributed by atoms with E-state index < -0.39 is 0 Å². The first-order valence-corrected chi connectivity index (χ1v) is 15.0. The molecule has 0 radical (unpaired) electrons. The van der Waals surface area contributed by atoms with Gasteiger partial charge in [0.2, 0.25) is 0 Å². The molecular formula is C40H23N3O2. The Morgan fingerprint density at radius 1 is 0.422 bits per heavy atom. The number of rotatable bonds is 3. The van der Waals surface area contributed by atoms with Gasteiger partial charge >= 0.3 is 0 Å². The van der Waals surface area contributed by atoms with Gasteiger partial charge in [0.1, 0.15) is 22.2 Å². The Bertz CT molecular complexity index is 2510. The first-order valence-electron chi connectivity index (χ1n) is 15.0. The van der Waals surface area contributed by atoms with Crippen LogP contribution in [0.3, 0.4) is 0 Å². The molecule has 10 rings (SSSR count). The third kappa shape index (κ3) is 3.77. The average molecular weight is 578 g/mol. The van der Waals surface area contributed by atoms with Gasteiger partial charge in [0.25, 0.3) is 0 Å². The third-order valence-corrected chi connectivity index (χ3v) is 9.02. The van der Waals surface area contributed by atoms with Gasteiger partial charge < -0.3 is 8.83 Å². The number of nitrogens with zero attached hydrogens (tertiary/aromatic N) is 3. The van der Waals surface area contributed by atoms with Crippen molar-refractivity contribution in [2.45, 2.75) is 6.42 Å². The normalized spacial score (nSPS) is 12.4. The Morgan fingerprint density at radius 3 is 1.58 bits per heavy atom. The number of fused-ring (bicyclic) bond motifs is 9. The molecule has 1 aliphatic carbocycles. The average Bonchev–Trinajstić information content (AvgIpc) is 3.78. The molecule has 0 unspecified atom stereocenters. The molecule has 0 bridgehead atoms. The number of benzene rings is 4. The highest BCUT2D eigenvalue weighted by atomic mass is 16.3. The van der Waals surface area contributed by atoms with Gasteiger partial charge in [-0.1, -0.05) is 30.3 Å². The van der Waals surface area contributed by atoms with Crippen molar-refractivity contribution in [1.29, 1.82) is 0 Å². The lowest BCUT2D eigenvalue weighted by molar-refractivity contribution is 0.668. The van der Waals surface area contributed by atoms with Gasteiger partial charge in [0.15, 0.2) is 11.2 Å². The summed E-state index contributed by atoms with van der Waals surface area (Å²) in [6.07, 6.45) is 6.43. The van der Waals surface area contributed by atoms with Crippen LogP contribution in [0.2, 0.25) is 0 Å². The fourth-order valence-electron chi connectivity index (χ4n) is 6.84. The van der Waals surface area contributed by atoms with Crippen molar-refractivity contribution in [3.8, 4) is 44.6 Å². The van der Waals surface area contributed by atoms with E-state index >= 15 is 0 Å². The molecule has 1 aliphatic rings. The summed E-state index contributed by atoms with van der Waals surface area (Å²) in [5, 5.41) is 2.01. The molecule has 5 heterocycles. The molecule has 4 aromatic carbocycles. The molecule has 0 amide bonds. The van der Waals surface area contributed by atoms with Crippen LogP contribution >= 0.6 is 0 Å². The maximum atomic E-state index is 6.09. The van der Waals surface area contributed by atoms with E-state index in [4.69, 9.17) is 13.8 Å². The SMILES string of the molecule is c1cnc2c(c1)Cc1ccc(-c3cc(-c4ccc5oc6cccnc6c5c4)cc(-c4ccc5oc6cccnc6c5c4)c3)cc1-2. The molecular weight excluding hydrogens is 554 g/mol. The number of pyridine rings is 3. The van der Waals surface area contributed by atoms with Crippen molar-refractivity contribution in [3.05, 3.63) is 139 Å². The van der Waals surface area contributed by atoms with Crippen LogP contribution in [0.5, 0.6) is 0 Å². The highest BCUT2D eigenvalue weighted by Gasteiger charge is 2.20. The maximum Gasteiger partial charge on any atom is 0.153 e. The molecule has 0 atom stereocenters. The quantitative estimate of drug-likeness (QED) is 0.209. The van der Waals surface area contributed by atoms with E-state index in [0.29, 0.717) is 0 Å². The summed E-state index contributed by atoms with van der Waals surface area (Å²) in [5.41, 5.74) is 16.6. The summed E-state index contributed by atoms with van der Waals surface area (Å²) in [7, 11) is 0. The minimum Gasteiger partial charge on any atom is -0.454 e. The lowest BCUT2D eigenvalue weighted by Gasteiger charge is -2.13. The first-order chi connectivity index (χ1) is 22.2.